The number of hydrogen-bond acceptors (Lipinski definition) is 2. The minimum atomic E-state index is -0.0422. The lowest BCUT2D eigenvalue weighted by molar-refractivity contribution is -0.125. The van der Waals surface area contributed by atoms with E-state index in [1.54, 1.807) is 6.07 Å². The molecule has 0 aliphatic heterocycles. The molecular formula is C17H15ClO2. The van der Waals surface area contributed by atoms with Gasteiger partial charge in [0.05, 0.1) is 0 Å². The standard InChI is InChI=1S/C17H15ClO2/c18-13-6-9-17(15(10-13)14-7-8-16(14)19)20-11-12-4-2-1-3-5-12/h1-6,9-10,14H,7-8,11H2. The van der Waals surface area contributed by atoms with Gasteiger partial charge < -0.3 is 4.74 Å². The summed E-state index contributed by atoms with van der Waals surface area (Å²) < 4.78 is 5.87. The number of Topliss-reactive ketones (excluding diaryl/α,β-unsaturated/α-hetero) is 1. The molecule has 2 aromatic carbocycles. The first-order valence-electron chi connectivity index (χ1n) is 6.73. The molecule has 0 spiro atoms. The van der Waals surface area contributed by atoms with Crippen molar-refractivity contribution in [1.29, 1.82) is 0 Å². The van der Waals surface area contributed by atoms with Gasteiger partial charge in [-0.15, -0.1) is 0 Å². The molecule has 1 aliphatic rings. The monoisotopic (exact) mass is 286 g/mol. The van der Waals surface area contributed by atoms with Crippen LogP contribution in [0, 0.1) is 0 Å². The summed E-state index contributed by atoms with van der Waals surface area (Å²) in [4.78, 5) is 11.7. The molecule has 0 heterocycles. The van der Waals surface area contributed by atoms with Crippen molar-refractivity contribution in [3.63, 3.8) is 0 Å². The van der Waals surface area contributed by atoms with E-state index in [2.05, 4.69) is 0 Å². The predicted octanol–water partition coefficient (Wildman–Crippen LogP) is 4.37. The van der Waals surface area contributed by atoms with Crippen LogP contribution in [-0.4, -0.2) is 5.78 Å². The molecule has 3 heteroatoms. The highest BCUT2D eigenvalue weighted by Crippen LogP contribution is 2.39. The van der Waals surface area contributed by atoms with E-state index >= 15 is 0 Å². The van der Waals surface area contributed by atoms with Crippen LogP contribution in [0.3, 0.4) is 0 Å². The summed E-state index contributed by atoms with van der Waals surface area (Å²) in [6.45, 7) is 0.496. The molecule has 1 fully saturated rings. The van der Waals surface area contributed by atoms with Crippen LogP contribution in [0.15, 0.2) is 48.5 Å². The molecule has 0 aromatic heterocycles. The first kappa shape index (κ1) is 13.2. The minimum absolute atomic E-state index is 0.0422. The molecule has 1 aliphatic carbocycles. The van der Waals surface area contributed by atoms with Crippen molar-refractivity contribution in [3.05, 3.63) is 64.7 Å². The first-order chi connectivity index (χ1) is 9.74. The molecule has 1 atom stereocenters. The van der Waals surface area contributed by atoms with Crippen LogP contribution in [0.25, 0.3) is 0 Å². The Morgan fingerprint density at radius 1 is 1.15 bits per heavy atom. The summed E-state index contributed by atoms with van der Waals surface area (Å²) in [7, 11) is 0. The fraction of sp³-hybridized carbons (Fsp3) is 0.235. The third kappa shape index (κ3) is 2.70. The fourth-order valence-electron chi connectivity index (χ4n) is 2.39. The average molecular weight is 287 g/mol. The largest absolute Gasteiger partial charge is 0.489 e. The number of carbonyl (C=O) groups is 1. The van der Waals surface area contributed by atoms with Gasteiger partial charge in [0.1, 0.15) is 18.1 Å². The molecule has 20 heavy (non-hydrogen) atoms. The second-order valence-corrected chi connectivity index (χ2v) is 5.45. The average Bonchev–Trinajstić information content (AvgIpc) is 2.46. The zero-order chi connectivity index (χ0) is 13.9. The molecule has 0 radical (unpaired) electrons. The molecule has 0 bridgehead atoms. The van der Waals surface area contributed by atoms with E-state index in [0.717, 1.165) is 23.3 Å². The molecule has 3 rings (SSSR count). The van der Waals surface area contributed by atoms with Crippen molar-refractivity contribution in [2.24, 2.45) is 0 Å². The van der Waals surface area contributed by atoms with Crippen LogP contribution in [0.2, 0.25) is 5.02 Å². The smallest absolute Gasteiger partial charge is 0.140 e. The molecule has 1 saturated carbocycles. The van der Waals surface area contributed by atoms with Gasteiger partial charge in [-0.2, -0.15) is 0 Å². The van der Waals surface area contributed by atoms with Crippen LogP contribution in [-0.2, 0) is 11.4 Å². The van der Waals surface area contributed by atoms with E-state index in [0.29, 0.717) is 18.1 Å². The zero-order valence-corrected chi connectivity index (χ0v) is 11.8. The predicted molar refractivity (Wildman–Crippen MR) is 79.2 cm³/mol. The van der Waals surface area contributed by atoms with Gasteiger partial charge in [-0.1, -0.05) is 41.9 Å². The van der Waals surface area contributed by atoms with Crippen LogP contribution >= 0.6 is 11.6 Å². The van der Waals surface area contributed by atoms with E-state index in [-0.39, 0.29) is 11.7 Å². The molecule has 1 unspecified atom stereocenters. The lowest BCUT2D eigenvalue weighted by atomic mass is 9.78. The van der Waals surface area contributed by atoms with E-state index in [1.807, 2.05) is 42.5 Å². The molecule has 0 amide bonds. The number of hydrogen-bond donors (Lipinski definition) is 0. The molecular weight excluding hydrogens is 272 g/mol. The maximum atomic E-state index is 11.7. The van der Waals surface area contributed by atoms with Crippen molar-refractivity contribution in [1.82, 2.24) is 0 Å². The topological polar surface area (TPSA) is 26.3 Å². The van der Waals surface area contributed by atoms with E-state index < -0.39 is 0 Å². The molecule has 0 N–H and O–H groups in total. The van der Waals surface area contributed by atoms with E-state index in [1.165, 1.54) is 0 Å². The third-order valence-electron chi connectivity index (χ3n) is 3.65. The van der Waals surface area contributed by atoms with Crippen molar-refractivity contribution in [2.75, 3.05) is 0 Å². The van der Waals surface area contributed by atoms with Crippen LogP contribution in [0.4, 0.5) is 0 Å². The summed E-state index contributed by atoms with van der Waals surface area (Å²) >= 11 is 6.04. The minimum Gasteiger partial charge on any atom is -0.489 e. The second-order valence-electron chi connectivity index (χ2n) is 5.01. The van der Waals surface area contributed by atoms with Crippen LogP contribution in [0.1, 0.15) is 29.9 Å². The molecule has 102 valence electrons. The van der Waals surface area contributed by atoms with Crippen LogP contribution in [0.5, 0.6) is 5.75 Å². The Morgan fingerprint density at radius 3 is 2.60 bits per heavy atom. The van der Waals surface area contributed by atoms with E-state index in [4.69, 9.17) is 16.3 Å². The van der Waals surface area contributed by atoms with E-state index in [9.17, 15) is 4.79 Å². The summed E-state index contributed by atoms with van der Waals surface area (Å²) in [5.41, 5.74) is 2.03. The maximum absolute atomic E-state index is 11.7. The highest BCUT2D eigenvalue weighted by Gasteiger charge is 2.32. The molecule has 2 aromatic rings. The summed E-state index contributed by atoms with van der Waals surface area (Å²) in [5, 5.41) is 0.645. The number of carbonyl (C=O) groups excluding carboxylic acids is 1. The fourth-order valence-corrected chi connectivity index (χ4v) is 2.57. The first-order valence-corrected chi connectivity index (χ1v) is 7.11. The number of ether oxygens (including phenoxy) is 1. The number of halogens is 1. The Kier molecular flexibility index (Phi) is 3.75. The van der Waals surface area contributed by atoms with Gasteiger partial charge in [0, 0.05) is 22.9 Å². The molecule has 2 nitrogen and oxygen atoms in total. The summed E-state index contributed by atoms with van der Waals surface area (Å²) in [6, 6.07) is 15.5. The van der Waals surface area contributed by atoms with Crippen molar-refractivity contribution in [2.45, 2.75) is 25.4 Å². The lowest BCUT2D eigenvalue weighted by Gasteiger charge is -2.26. The van der Waals surface area contributed by atoms with Gasteiger partial charge in [0.2, 0.25) is 0 Å². The third-order valence-corrected chi connectivity index (χ3v) is 3.89. The second kappa shape index (κ2) is 5.68. The lowest BCUT2D eigenvalue weighted by Crippen LogP contribution is -2.23. The maximum Gasteiger partial charge on any atom is 0.140 e. The Bertz CT molecular complexity index is 622. The Labute approximate surface area is 123 Å². The van der Waals surface area contributed by atoms with Crippen molar-refractivity contribution in [3.8, 4) is 5.75 Å². The van der Waals surface area contributed by atoms with Gasteiger partial charge in [0.25, 0.3) is 0 Å². The van der Waals surface area contributed by atoms with Crippen molar-refractivity contribution >= 4 is 17.4 Å². The highest BCUT2D eigenvalue weighted by atomic mass is 35.5. The van der Waals surface area contributed by atoms with Gasteiger partial charge in [-0.05, 0) is 30.2 Å². The van der Waals surface area contributed by atoms with Crippen molar-refractivity contribution < 1.29 is 9.53 Å². The Hall–Kier alpha value is -1.80. The van der Waals surface area contributed by atoms with Gasteiger partial charge in [-0.3, -0.25) is 4.79 Å². The number of benzene rings is 2. The summed E-state index contributed by atoms with van der Waals surface area (Å²) in [5.74, 6) is 0.993. The van der Waals surface area contributed by atoms with Gasteiger partial charge in [-0.25, -0.2) is 0 Å². The van der Waals surface area contributed by atoms with Gasteiger partial charge >= 0.3 is 0 Å². The highest BCUT2D eigenvalue weighted by molar-refractivity contribution is 6.30. The Balaban J connectivity index is 1.80. The van der Waals surface area contributed by atoms with Crippen LogP contribution < -0.4 is 4.74 Å². The number of rotatable bonds is 4. The number of ketones is 1. The Morgan fingerprint density at radius 2 is 1.95 bits per heavy atom. The normalized spacial score (nSPS) is 17.6. The molecule has 0 saturated heterocycles. The van der Waals surface area contributed by atoms with Gasteiger partial charge in [0.15, 0.2) is 0 Å². The SMILES string of the molecule is O=C1CCC1c1cc(Cl)ccc1OCc1ccccc1. The summed E-state index contributed by atoms with van der Waals surface area (Å²) in [6.07, 6.45) is 1.55. The zero-order valence-electron chi connectivity index (χ0n) is 11.0. The quantitative estimate of drug-likeness (QED) is 0.834.